The van der Waals surface area contributed by atoms with E-state index in [0.29, 0.717) is 16.6 Å². The highest BCUT2D eigenvalue weighted by molar-refractivity contribution is 7.22. The van der Waals surface area contributed by atoms with Gasteiger partial charge in [0.1, 0.15) is 17.6 Å². The number of benzene rings is 3. The molecule has 1 amide bonds. The van der Waals surface area contributed by atoms with Crippen molar-refractivity contribution < 1.29 is 19.4 Å². The number of carbonyl (C=O) groups excluding carboxylic acids is 2. The third kappa shape index (κ3) is 3.98. The predicted octanol–water partition coefficient (Wildman–Crippen LogP) is 6.68. The zero-order valence-corrected chi connectivity index (χ0v) is 22.5. The van der Waals surface area contributed by atoms with Crippen molar-refractivity contribution in [2.45, 2.75) is 52.2 Å². The van der Waals surface area contributed by atoms with Gasteiger partial charge in [-0.3, -0.25) is 14.5 Å². The van der Waals surface area contributed by atoms with Crippen molar-refractivity contribution in [3.05, 3.63) is 94.1 Å². The highest BCUT2D eigenvalue weighted by Gasteiger charge is 2.48. The maximum atomic E-state index is 13.6. The Balaban J connectivity index is 1.53. The summed E-state index contributed by atoms with van der Waals surface area (Å²) in [6, 6.07) is 18.4. The predicted molar refractivity (Wildman–Crippen MR) is 150 cm³/mol. The number of Topliss-reactive ketones (excluding diaryl/α,β-unsaturated/α-hetero) is 1. The van der Waals surface area contributed by atoms with Gasteiger partial charge in [-0.2, -0.15) is 0 Å². The number of thiazole rings is 1. The molecule has 0 unspecified atom stereocenters. The minimum absolute atomic E-state index is 0.0510. The molecule has 0 saturated carbocycles. The van der Waals surface area contributed by atoms with E-state index in [0.717, 1.165) is 44.6 Å². The van der Waals surface area contributed by atoms with Gasteiger partial charge in [0.05, 0.1) is 21.8 Å². The van der Waals surface area contributed by atoms with E-state index in [9.17, 15) is 14.7 Å². The molecule has 1 N–H and O–H groups in total. The number of rotatable bonds is 4. The number of aromatic nitrogens is 1. The molecule has 1 fully saturated rings. The monoisotopic (exact) mass is 524 g/mol. The Morgan fingerprint density at radius 1 is 1.08 bits per heavy atom. The van der Waals surface area contributed by atoms with Crippen molar-refractivity contribution in [1.29, 1.82) is 0 Å². The van der Waals surface area contributed by atoms with Gasteiger partial charge in [-0.1, -0.05) is 55.5 Å². The molecule has 0 radical (unpaired) electrons. The summed E-state index contributed by atoms with van der Waals surface area (Å²) in [4.78, 5) is 33.3. The van der Waals surface area contributed by atoms with E-state index in [1.807, 2.05) is 68.4 Å². The molecule has 6 nitrogen and oxygen atoms in total. The Labute approximate surface area is 225 Å². The van der Waals surface area contributed by atoms with Crippen molar-refractivity contribution in [2.75, 3.05) is 4.90 Å². The molecule has 1 saturated heterocycles. The molecule has 3 aromatic carbocycles. The van der Waals surface area contributed by atoms with Crippen LogP contribution in [0.2, 0.25) is 0 Å². The van der Waals surface area contributed by atoms with E-state index in [1.54, 1.807) is 6.07 Å². The lowest BCUT2D eigenvalue weighted by molar-refractivity contribution is -0.132. The van der Waals surface area contributed by atoms with E-state index >= 15 is 0 Å². The summed E-state index contributed by atoms with van der Waals surface area (Å²) in [6.07, 6.45) is 0.769. The van der Waals surface area contributed by atoms with Crippen LogP contribution in [0.4, 0.5) is 5.13 Å². The Hall–Kier alpha value is -3.97. The van der Waals surface area contributed by atoms with Crippen LogP contribution in [-0.2, 0) is 16.0 Å². The lowest BCUT2D eigenvalue weighted by atomic mass is 9.93. The average molecular weight is 525 g/mol. The van der Waals surface area contributed by atoms with Crippen LogP contribution >= 0.6 is 11.3 Å². The Kier molecular flexibility index (Phi) is 5.83. The Morgan fingerprint density at radius 2 is 1.84 bits per heavy atom. The highest BCUT2D eigenvalue weighted by Crippen LogP contribution is 2.45. The second-order valence-corrected chi connectivity index (χ2v) is 11.4. The van der Waals surface area contributed by atoms with Crippen molar-refractivity contribution in [2.24, 2.45) is 0 Å². The van der Waals surface area contributed by atoms with Crippen LogP contribution in [0.5, 0.6) is 5.75 Å². The molecule has 0 spiro atoms. The van der Waals surface area contributed by atoms with E-state index in [1.165, 1.54) is 16.2 Å². The molecule has 0 aliphatic carbocycles. The molecule has 3 heterocycles. The standard InChI is InChI=1S/C31H28N2O4S/c1-16(2)19-6-8-20(9-7-19)27-26(28(34)21-10-12-24-22(15-21)14-18(4)37-24)29(35)30(36)33(27)31-32-23-11-5-17(3)13-25(23)38-31/h5-13,15-16,18,27,34H,14H2,1-4H3/b28-26+/t18-,27+/m1/s1. The Morgan fingerprint density at radius 3 is 2.58 bits per heavy atom. The lowest BCUT2D eigenvalue weighted by Gasteiger charge is -2.23. The molecular formula is C31H28N2O4S. The molecule has 6 rings (SSSR count). The molecular weight excluding hydrogens is 496 g/mol. The number of carbonyl (C=O) groups is 2. The van der Waals surface area contributed by atoms with Crippen LogP contribution in [0.25, 0.3) is 16.0 Å². The van der Waals surface area contributed by atoms with Crippen molar-refractivity contribution >= 4 is 44.1 Å². The third-order valence-corrected chi connectivity index (χ3v) is 8.29. The smallest absolute Gasteiger partial charge is 0.301 e. The number of aliphatic hydroxyl groups is 1. The second-order valence-electron chi connectivity index (χ2n) is 10.4. The van der Waals surface area contributed by atoms with Gasteiger partial charge < -0.3 is 9.84 Å². The highest BCUT2D eigenvalue weighted by atomic mass is 32.1. The number of fused-ring (bicyclic) bond motifs is 2. The third-order valence-electron chi connectivity index (χ3n) is 7.27. The number of hydrogen-bond acceptors (Lipinski definition) is 6. The SMILES string of the molecule is Cc1ccc2nc(N3C(=O)C(=O)/C(=C(/O)c4ccc5c(c4)C[C@@H](C)O5)[C@@H]3c3ccc(C(C)C)cc3)sc2c1. The van der Waals surface area contributed by atoms with E-state index < -0.39 is 17.7 Å². The number of ketones is 1. The van der Waals surface area contributed by atoms with Gasteiger partial charge >= 0.3 is 5.91 Å². The minimum Gasteiger partial charge on any atom is -0.507 e. The summed E-state index contributed by atoms with van der Waals surface area (Å²) in [6.45, 7) is 8.22. The molecule has 0 bridgehead atoms. The lowest BCUT2D eigenvalue weighted by Crippen LogP contribution is -2.29. The molecule has 2 aliphatic heterocycles. The van der Waals surface area contributed by atoms with Gasteiger partial charge in [-0.25, -0.2) is 4.98 Å². The van der Waals surface area contributed by atoms with E-state index in [4.69, 9.17) is 9.72 Å². The number of amides is 1. The molecule has 192 valence electrons. The maximum absolute atomic E-state index is 13.6. The van der Waals surface area contributed by atoms with E-state index in [2.05, 4.69) is 13.8 Å². The summed E-state index contributed by atoms with van der Waals surface area (Å²) < 4.78 is 6.74. The number of ether oxygens (including phenoxy) is 1. The number of hydrogen-bond donors (Lipinski definition) is 1. The summed E-state index contributed by atoms with van der Waals surface area (Å²) in [7, 11) is 0. The van der Waals surface area contributed by atoms with Crippen LogP contribution < -0.4 is 9.64 Å². The molecule has 4 aromatic rings. The zero-order chi connectivity index (χ0) is 26.7. The number of nitrogens with zero attached hydrogens (tertiary/aromatic N) is 2. The Bertz CT molecular complexity index is 1630. The summed E-state index contributed by atoms with van der Waals surface area (Å²) in [5.74, 6) is -0.499. The van der Waals surface area contributed by atoms with Gasteiger partial charge in [-0.05, 0) is 72.4 Å². The van der Waals surface area contributed by atoms with Crippen LogP contribution in [0.1, 0.15) is 60.5 Å². The zero-order valence-electron chi connectivity index (χ0n) is 21.7. The molecule has 2 aliphatic rings. The number of aryl methyl sites for hydroxylation is 1. The van der Waals surface area contributed by atoms with Gasteiger partial charge in [0.25, 0.3) is 5.78 Å². The minimum atomic E-state index is -0.804. The summed E-state index contributed by atoms with van der Waals surface area (Å²) in [5.41, 5.74) is 5.26. The largest absolute Gasteiger partial charge is 0.507 e. The fourth-order valence-corrected chi connectivity index (χ4v) is 6.35. The normalized spacial score (nSPS) is 20.4. The molecule has 1 aromatic heterocycles. The van der Waals surface area contributed by atoms with Gasteiger partial charge in [0.15, 0.2) is 5.13 Å². The van der Waals surface area contributed by atoms with Crippen LogP contribution in [0, 0.1) is 6.92 Å². The van der Waals surface area contributed by atoms with E-state index in [-0.39, 0.29) is 17.4 Å². The number of anilines is 1. The second kappa shape index (κ2) is 9.10. The van der Waals surface area contributed by atoms with Gasteiger partial charge in [0, 0.05) is 12.0 Å². The fraction of sp³-hybridized carbons (Fsp3) is 0.258. The molecule has 38 heavy (non-hydrogen) atoms. The fourth-order valence-electron chi connectivity index (χ4n) is 5.26. The first-order chi connectivity index (χ1) is 18.2. The maximum Gasteiger partial charge on any atom is 0.301 e. The van der Waals surface area contributed by atoms with Crippen LogP contribution in [0.15, 0.2) is 66.2 Å². The topological polar surface area (TPSA) is 79.7 Å². The molecule has 2 atom stereocenters. The van der Waals surface area contributed by atoms with Crippen LogP contribution in [0.3, 0.4) is 0 Å². The first-order valence-corrected chi connectivity index (χ1v) is 13.6. The number of aliphatic hydroxyl groups excluding tert-OH is 1. The van der Waals surface area contributed by atoms with Gasteiger partial charge in [0.2, 0.25) is 0 Å². The first kappa shape index (κ1) is 24.4. The van der Waals surface area contributed by atoms with Gasteiger partial charge in [-0.15, -0.1) is 0 Å². The van der Waals surface area contributed by atoms with Crippen molar-refractivity contribution in [3.8, 4) is 5.75 Å². The van der Waals surface area contributed by atoms with Crippen LogP contribution in [-0.4, -0.2) is 27.9 Å². The average Bonchev–Trinajstić information content (AvgIpc) is 3.55. The van der Waals surface area contributed by atoms with Crippen molar-refractivity contribution in [3.63, 3.8) is 0 Å². The first-order valence-electron chi connectivity index (χ1n) is 12.8. The quantitative estimate of drug-likeness (QED) is 0.183. The van der Waals surface area contributed by atoms with Crippen molar-refractivity contribution in [1.82, 2.24) is 4.98 Å². The summed E-state index contributed by atoms with van der Waals surface area (Å²) >= 11 is 1.37. The summed E-state index contributed by atoms with van der Waals surface area (Å²) in [5, 5.41) is 12.0. The molecule has 7 heteroatoms.